The summed E-state index contributed by atoms with van der Waals surface area (Å²) >= 11 is 0. The van der Waals surface area contributed by atoms with Crippen molar-refractivity contribution >= 4 is 10.9 Å². The summed E-state index contributed by atoms with van der Waals surface area (Å²) in [6.07, 6.45) is 3.04. The molecule has 26 heavy (non-hydrogen) atoms. The van der Waals surface area contributed by atoms with E-state index in [0.717, 1.165) is 45.7 Å². The molecule has 0 bridgehead atoms. The van der Waals surface area contributed by atoms with Crippen LogP contribution in [0.4, 0.5) is 0 Å². The van der Waals surface area contributed by atoms with Crippen molar-refractivity contribution < 1.29 is 0 Å². The number of piperazine rings is 1. The van der Waals surface area contributed by atoms with Crippen LogP contribution in [0.1, 0.15) is 11.1 Å². The van der Waals surface area contributed by atoms with Crippen LogP contribution in [0.25, 0.3) is 10.9 Å². The number of nitrogens with one attached hydrogen (secondary N) is 1. The van der Waals surface area contributed by atoms with Crippen LogP contribution in [0, 0.1) is 0 Å². The zero-order valence-electron chi connectivity index (χ0n) is 15.3. The van der Waals surface area contributed by atoms with Gasteiger partial charge in [0.2, 0.25) is 0 Å². The Balaban J connectivity index is 1.26. The third kappa shape index (κ3) is 4.15. The number of fused-ring (bicyclic) bond motifs is 1. The van der Waals surface area contributed by atoms with E-state index in [1.165, 1.54) is 22.0 Å². The van der Waals surface area contributed by atoms with Gasteiger partial charge in [-0.2, -0.15) is 0 Å². The molecule has 3 N–H and O–H groups in total. The summed E-state index contributed by atoms with van der Waals surface area (Å²) in [5, 5.41) is 1.30. The van der Waals surface area contributed by atoms with Crippen LogP contribution in [-0.4, -0.2) is 53.5 Å². The molecule has 1 aliphatic heterocycles. The summed E-state index contributed by atoms with van der Waals surface area (Å²) < 4.78 is 0. The van der Waals surface area contributed by atoms with Crippen molar-refractivity contribution in [2.45, 2.75) is 19.0 Å². The molecule has 0 saturated carbocycles. The number of hydrogen-bond donors (Lipinski definition) is 2. The normalized spacial score (nSPS) is 17.6. The van der Waals surface area contributed by atoms with E-state index in [9.17, 15) is 0 Å². The summed E-state index contributed by atoms with van der Waals surface area (Å²) in [7, 11) is 0. The first-order valence-corrected chi connectivity index (χ1v) is 9.57. The molecule has 2 heterocycles. The van der Waals surface area contributed by atoms with E-state index >= 15 is 0 Å². The molecule has 1 aliphatic rings. The van der Waals surface area contributed by atoms with Gasteiger partial charge in [0.25, 0.3) is 0 Å². The fraction of sp³-hybridized carbons (Fsp3) is 0.364. The van der Waals surface area contributed by atoms with Gasteiger partial charge < -0.3 is 10.7 Å². The summed E-state index contributed by atoms with van der Waals surface area (Å²) in [4.78, 5) is 8.40. The van der Waals surface area contributed by atoms with Crippen LogP contribution in [0.5, 0.6) is 0 Å². The molecule has 2 aromatic carbocycles. The van der Waals surface area contributed by atoms with Gasteiger partial charge in [-0.1, -0.05) is 48.5 Å². The fourth-order valence-electron chi connectivity index (χ4n) is 3.95. The second-order valence-electron chi connectivity index (χ2n) is 7.39. The molecule has 0 aliphatic carbocycles. The van der Waals surface area contributed by atoms with Crippen LogP contribution in [0.3, 0.4) is 0 Å². The van der Waals surface area contributed by atoms with E-state index in [-0.39, 0.29) is 6.04 Å². The lowest BCUT2D eigenvalue weighted by Crippen LogP contribution is -2.49. The van der Waals surface area contributed by atoms with Gasteiger partial charge >= 0.3 is 0 Å². The standard InChI is InChI=1S/C22H28N4/c23-20(14-19-15-24-22-9-5-4-8-21(19)22)17-26-12-10-25(11-13-26)16-18-6-2-1-3-7-18/h1-9,15,20,24H,10-14,16-17,23H2/t20-/m0/s1. The Morgan fingerprint density at radius 3 is 2.38 bits per heavy atom. The lowest BCUT2D eigenvalue weighted by molar-refractivity contribution is 0.122. The molecule has 4 rings (SSSR count). The Hall–Kier alpha value is -2.14. The van der Waals surface area contributed by atoms with Gasteiger partial charge in [0.15, 0.2) is 0 Å². The number of nitrogens with zero attached hydrogens (tertiary/aromatic N) is 2. The van der Waals surface area contributed by atoms with Gasteiger partial charge in [-0.05, 0) is 23.6 Å². The predicted octanol–water partition coefficient (Wildman–Crippen LogP) is 2.86. The first-order valence-electron chi connectivity index (χ1n) is 9.57. The molecule has 0 amide bonds. The molecule has 0 unspecified atom stereocenters. The molecule has 1 saturated heterocycles. The van der Waals surface area contributed by atoms with Gasteiger partial charge in [-0.25, -0.2) is 0 Å². The van der Waals surface area contributed by atoms with Crippen molar-refractivity contribution in [2.24, 2.45) is 5.73 Å². The number of hydrogen-bond acceptors (Lipinski definition) is 3. The van der Waals surface area contributed by atoms with E-state index in [4.69, 9.17) is 5.73 Å². The van der Waals surface area contributed by atoms with Crippen molar-refractivity contribution in [3.8, 4) is 0 Å². The number of para-hydroxylation sites is 1. The zero-order valence-corrected chi connectivity index (χ0v) is 15.3. The van der Waals surface area contributed by atoms with Gasteiger partial charge in [0, 0.05) is 62.4 Å². The average Bonchev–Trinajstić information content (AvgIpc) is 3.07. The van der Waals surface area contributed by atoms with Crippen LogP contribution < -0.4 is 5.73 Å². The minimum Gasteiger partial charge on any atom is -0.361 e. The van der Waals surface area contributed by atoms with Crippen LogP contribution in [-0.2, 0) is 13.0 Å². The molecule has 4 nitrogen and oxygen atoms in total. The molecule has 0 radical (unpaired) electrons. The van der Waals surface area contributed by atoms with E-state index in [2.05, 4.69) is 75.6 Å². The lowest BCUT2D eigenvalue weighted by Gasteiger charge is -2.35. The number of aromatic nitrogens is 1. The molecule has 3 aromatic rings. The molecular formula is C22H28N4. The van der Waals surface area contributed by atoms with Crippen LogP contribution in [0.15, 0.2) is 60.8 Å². The summed E-state index contributed by atoms with van der Waals surface area (Å²) in [6.45, 7) is 6.47. The Labute approximate surface area is 155 Å². The highest BCUT2D eigenvalue weighted by molar-refractivity contribution is 5.83. The number of H-pyrrole nitrogens is 1. The average molecular weight is 348 g/mol. The Bertz CT molecular complexity index is 818. The molecule has 136 valence electrons. The summed E-state index contributed by atoms with van der Waals surface area (Å²) in [6, 6.07) is 19.4. The Kier molecular flexibility index (Phi) is 5.34. The third-order valence-electron chi connectivity index (χ3n) is 5.36. The number of nitrogens with two attached hydrogens (primary N) is 1. The van der Waals surface area contributed by atoms with Crippen molar-refractivity contribution in [3.63, 3.8) is 0 Å². The Morgan fingerprint density at radius 1 is 0.885 bits per heavy atom. The highest BCUT2D eigenvalue weighted by atomic mass is 15.3. The molecular weight excluding hydrogens is 320 g/mol. The van der Waals surface area contributed by atoms with Crippen LogP contribution >= 0.6 is 0 Å². The summed E-state index contributed by atoms with van der Waals surface area (Å²) in [5.74, 6) is 0. The second-order valence-corrected chi connectivity index (χ2v) is 7.39. The van der Waals surface area contributed by atoms with E-state index in [0.29, 0.717) is 0 Å². The van der Waals surface area contributed by atoms with Gasteiger partial charge in [-0.15, -0.1) is 0 Å². The molecule has 1 aromatic heterocycles. The predicted molar refractivity (Wildman–Crippen MR) is 108 cm³/mol. The topological polar surface area (TPSA) is 48.3 Å². The highest BCUT2D eigenvalue weighted by Gasteiger charge is 2.19. The first-order chi connectivity index (χ1) is 12.8. The minimum atomic E-state index is 0.176. The second kappa shape index (κ2) is 8.04. The van der Waals surface area contributed by atoms with E-state index < -0.39 is 0 Å². The molecule has 4 heteroatoms. The molecule has 0 spiro atoms. The van der Waals surface area contributed by atoms with Gasteiger partial charge in [0.05, 0.1) is 0 Å². The largest absolute Gasteiger partial charge is 0.361 e. The maximum atomic E-state index is 6.48. The van der Waals surface area contributed by atoms with Crippen molar-refractivity contribution in [1.82, 2.24) is 14.8 Å². The van der Waals surface area contributed by atoms with Crippen molar-refractivity contribution in [1.29, 1.82) is 0 Å². The smallest absolute Gasteiger partial charge is 0.0456 e. The lowest BCUT2D eigenvalue weighted by atomic mass is 10.0. The van der Waals surface area contributed by atoms with Crippen molar-refractivity contribution in [3.05, 3.63) is 71.9 Å². The maximum Gasteiger partial charge on any atom is 0.0456 e. The minimum absolute atomic E-state index is 0.176. The number of benzene rings is 2. The molecule has 1 fully saturated rings. The quantitative estimate of drug-likeness (QED) is 0.720. The third-order valence-corrected chi connectivity index (χ3v) is 5.36. The van der Waals surface area contributed by atoms with Gasteiger partial charge in [-0.3, -0.25) is 9.80 Å². The zero-order chi connectivity index (χ0) is 17.8. The van der Waals surface area contributed by atoms with Crippen LogP contribution in [0.2, 0.25) is 0 Å². The van der Waals surface area contributed by atoms with Gasteiger partial charge in [0.1, 0.15) is 0 Å². The van der Waals surface area contributed by atoms with E-state index in [1.807, 2.05) is 0 Å². The SMILES string of the molecule is N[C@@H](Cc1c[nH]c2ccccc12)CN1CCN(Cc2ccccc2)CC1. The monoisotopic (exact) mass is 348 g/mol. The Morgan fingerprint density at radius 2 is 1.58 bits per heavy atom. The fourth-order valence-corrected chi connectivity index (χ4v) is 3.95. The first kappa shape index (κ1) is 17.3. The maximum absolute atomic E-state index is 6.48. The number of rotatable bonds is 6. The van der Waals surface area contributed by atoms with E-state index in [1.54, 1.807) is 0 Å². The van der Waals surface area contributed by atoms with Crippen molar-refractivity contribution in [2.75, 3.05) is 32.7 Å². The molecule has 1 atom stereocenters. The summed E-state index contributed by atoms with van der Waals surface area (Å²) in [5.41, 5.74) is 10.4. The highest BCUT2D eigenvalue weighted by Crippen LogP contribution is 2.19. The number of aromatic amines is 1.